The number of nitrogens with one attached hydrogen (secondary N) is 1. The summed E-state index contributed by atoms with van der Waals surface area (Å²) in [5.41, 5.74) is 0.0340. The molecule has 0 fully saturated rings. The van der Waals surface area contributed by atoms with Crippen molar-refractivity contribution in [1.29, 1.82) is 0 Å². The van der Waals surface area contributed by atoms with Crippen molar-refractivity contribution in [3.8, 4) is 0 Å². The van der Waals surface area contributed by atoms with Crippen LogP contribution in [0.4, 0.5) is 0 Å². The van der Waals surface area contributed by atoms with Gasteiger partial charge in [-0.1, -0.05) is 23.4 Å². The third-order valence-electron chi connectivity index (χ3n) is 2.02. The number of nitrogens with zero attached hydrogens (tertiary/aromatic N) is 2. The fourth-order valence-corrected chi connectivity index (χ4v) is 1.63. The number of hydrogen-bond donors (Lipinski definition) is 1. The van der Waals surface area contributed by atoms with E-state index in [9.17, 15) is 9.59 Å². The molecule has 1 heterocycles. The Kier molecular flexibility index (Phi) is 5.36. The number of thioether (sulfide) groups is 1. The first kappa shape index (κ1) is 14.7. The zero-order valence-corrected chi connectivity index (χ0v) is 11.6. The Balaban J connectivity index is 2.87. The minimum absolute atomic E-state index is 0.0340. The summed E-state index contributed by atoms with van der Waals surface area (Å²) >= 11 is 7.12. The number of esters is 1. The van der Waals surface area contributed by atoms with E-state index < -0.39 is 17.9 Å². The molecule has 0 aliphatic rings. The first-order chi connectivity index (χ1) is 8.49. The van der Waals surface area contributed by atoms with Gasteiger partial charge in [0.05, 0.1) is 18.3 Å². The highest BCUT2D eigenvalue weighted by molar-refractivity contribution is 7.98. The predicted octanol–water partition coefficient (Wildman–Crippen LogP) is 1.14. The maximum atomic E-state index is 11.9. The molecule has 0 aliphatic carbocycles. The van der Waals surface area contributed by atoms with Crippen LogP contribution < -0.4 is 5.32 Å². The van der Waals surface area contributed by atoms with E-state index in [1.165, 1.54) is 32.0 Å². The standard InChI is InChI=1S/C10H12ClN3O3S/c1-5(9(16)17-2)13-8(15)7-6(11)4-12-10(14-7)18-3/h4-5H,1-3H3,(H,13,15). The maximum absolute atomic E-state index is 11.9. The van der Waals surface area contributed by atoms with Crippen LogP contribution in [-0.4, -0.2) is 41.3 Å². The van der Waals surface area contributed by atoms with Crippen molar-refractivity contribution in [2.75, 3.05) is 13.4 Å². The van der Waals surface area contributed by atoms with E-state index in [0.29, 0.717) is 5.16 Å². The van der Waals surface area contributed by atoms with Crippen molar-refractivity contribution in [3.63, 3.8) is 0 Å². The average molecular weight is 290 g/mol. The molecule has 0 aliphatic heterocycles. The van der Waals surface area contributed by atoms with Gasteiger partial charge in [0.2, 0.25) is 0 Å². The monoisotopic (exact) mass is 289 g/mol. The number of carbonyl (C=O) groups is 2. The van der Waals surface area contributed by atoms with Crippen molar-refractivity contribution in [3.05, 3.63) is 16.9 Å². The van der Waals surface area contributed by atoms with E-state index in [-0.39, 0.29) is 10.7 Å². The lowest BCUT2D eigenvalue weighted by Crippen LogP contribution is -2.39. The minimum atomic E-state index is -0.772. The molecular formula is C10H12ClN3O3S. The highest BCUT2D eigenvalue weighted by atomic mass is 35.5. The second kappa shape index (κ2) is 6.55. The smallest absolute Gasteiger partial charge is 0.328 e. The average Bonchev–Trinajstić information content (AvgIpc) is 2.38. The van der Waals surface area contributed by atoms with Crippen molar-refractivity contribution in [2.45, 2.75) is 18.1 Å². The molecule has 6 nitrogen and oxygen atoms in total. The number of carbonyl (C=O) groups excluding carboxylic acids is 2. The van der Waals surface area contributed by atoms with Crippen LogP contribution in [0.15, 0.2) is 11.4 Å². The molecule has 0 aromatic carbocycles. The molecule has 18 heavy (non-hydrogen) atoms. The van der Waals surface area contributed by atoms with Gasteiger partial charge >= 0.3 is 5.97 Å². The first-order valence-electron chi connectivity index (χ1n) is 4.94. The predicted molar refractivity (Wildman–Crippen MR) is 67.8 cm³/mol. The summed E-state index contributed by atoms with van der Waals surface area (Å²) in [5.74, 6) is -1.09. The van der Waals surface area contributed by atoms with Crippen molar-refractivity contribution < 1.29 is 14.3 Å². The molecule has 0 radical (unpaired) electrons. The largest absolute Gasteiger partial charge is 0.467 e. The van der Waals surface area contributed by atoms with Gasteiger partial charge in [-0.15, -0.1) is 0 Å². The summed E-state index contributed by atoms with van der Waals surface area (Å²) in [6.07, 6.45) is 3.13. The molecule has 1 aromatic rings. The number of hydrogen-bond acceptors (Lipinski definition) is 6. The second-order valence-electron chi connectivity index (χ2n) is 3.27. The zero-order valence-electron chi connectivity index (χ0n) is 10.1. The lowest BCUT2D eigenvalue weighted by Gasteiger charge is -2.11. The third kappa shape index (κ3) is 3.58. The van der Waals surface area contributed by atoms with E-state index in [2.05, 4.69) is 20.0 Å². The van der Waals surface area contributed by atoms with Gasteiger partial charge in [0, 0.05) is 0 Å². The van der Waals surface area contributed by atoms with Gasteiger partial charge in [-0.2, -0.15) is 0 Å². The molecule has 0 bridgehead atoms. The molecule has 1 aromatic heterocycles. The number of aromatic nitrogens is 2. The quantitative estimate of drug-likeness (QED) is 0.509. The maximum Gasteiger partial charge on any atom is 0.328 e. The second-order valence-corrected chi connectivity index (χ2v) is 4.45. The molecule has 1 unspecified atom stereocenters. The minimum Gasteiger partial charge on any atom is -0.467 e. The number of methoxy groups -OCH3 is 1. The van der Waals surface area contributed by atoms with E-state index >= 15 is 0 Å². The van der Waals surface area contributed by atoms with Crippen molar-refractivity contribution in [2.24, 2.45) is 0 Å². The molecule has 1 amide bonds. The number of rotatable bonds is 4. The molecule has 0 spiro atoms. The van der Waals surface area contributed by atoms with Gasteiger partial charge in [0.25, 0.3) is 5.91 Å². The van der Waals surface area contributed by atoms with Crippen LogP contribution in [0.2, 0.25) is 5.02 Å². The van der Waals surface area contributed by atoms with Crippen LogP contribution in [0, 0.1) is 0 Å². The lowest BCUT2D eigenvalue weighted by molar-refractivity contribution is -0.142. The Bertz CT molecular complexity index is 470. The Morgan fingerprint density at radius 1 is 1.56 bits per heavy atom. The van der Waals surface area contributed by atoms with Crippen molar-refractivity contribution >= 4 is 35.2 Å². The van der Waals surface area contributed by atoms with Gasteiger partial charge in [0.1, 0.15) is 6.04 Å². The molecule has 8 heteroatoms. The molecule has 1 atom stereocenters. The Morgan fingerprint density at radius 2 is 2.22 bits per heavy atom. The van der Waals surface area contributed by atoms with Crippen LogP contribution in [0.5, 0.6) is 0 Å². The SMILES string of the molecule is COC(=O)C(C)NC(=O)c1nc(SC)ncc1Cl. The van der Waals surface area contributed by atoms with Gasteiger partial charge in [0.15, 0.2) is 10.9 Å². The van der Waals surface area contributed by atoms with Crippen LogP contribution in [0.25, 0.3) is 0 Å². The number of halogens is 1. The first-order valence-corrected chi connectivity index (χ1v) is 6.55. The van der Waals surface area contributed by atoms with Crippen molar-refractivity contribution in [1.82, 2.24) is 15.3 Å². The summed E-state index contributed by atoms with van der Waals surface area (Å²) in [6, 6.07) is -0.772. The van der Waals surface area contributed by atoms with Crippen LogP contribution in [-0.2, 0) is 9.53 Å². The van der Waals surface area contributed by atoms with Gasteiger partial charge in [-0.3, -0.25) is 4.79 Å². The topological polar surface area (TPSA) is 81.2 Å². The lowest BCUT2D eigenvalue weighted by atomic mass is 10.3. The Morgan fingerprint density at radius 3 is 2.78 bits per heavy atom. The zero-order chi connectivity index (χ0) is 13.7. The van der Waals surface area contributed by atoms with E-state index in [4.69, 9.17) is 11.6 Å². The summed E-state index contributed by atoms with van der Waals surface area (Å²) in [4.78, 5) is 30.9. The highest BCUT2D eigenvalue weighted by Crippen LogP contribution is 2.16. The summed E-state index contributed by atoms with van der Waals surface area (Å²) in [6.45, 7) is 1.51. The molecule has 0 saturated carbocycles. The molecule has 0 saturated heterocycles. The Labute approximate surface area is 113 Å². The van der Waals surface area contributed by atoms with Gasteiger partial charge < -0.3 is 10.1 Å². The third-order valence-corrected chi connectivity index (χ3v) is 2.86. The molecule has 1 rings (SSSR count). The highest BCUT2D eigenvalue weighted by Gasteiger charge is 2.20. The molecule has 98 valence electrons. The Hall–Kier alpha value is -1.34. The van der Waals surface area contributed by atoms with Crippen LogP contribution in [0.1, 0.15) is 17.4 Å². The normalized spacial score (nSPS) is 11.8. The van der Waals surface area contributed by atoms with Gasteiger partial charge in [-0.05, 0) is 13.2 Å². The summed E-state index contributed by atoms with van der Waals surface area (Å²) in [5, 5.41) is 2.99. The van der Waals surface area contributed by atoms with E-state index in [0.717, 1.165) is 0 Å². The van der Waals surface area contributed by atoms with Gasteiger partial charge in [-0.25, -0.2) is 14.8 Å². The summed E-state index contributed by atoms with van der Waals surface area (Å²) in [7, 11) is 1.24. The number of amides is 1. The van der Waals surface area contributed by atoms with E-state index in [1.54, 1.807) is 6.26 Å². The fraction of sp³-hybridized carbons (Fsp3) is 0.400. The molecular weight excluding hydrogens is 278 g/mol. The molecule has 1 N–H and O–H groups in total. The van der Waals surface area contributed by atoms with Crippen LogP contribution >= 0.6 is 23.4 Å². The van der Waals surface area contributed by atoms with E-state index in [1.807, 2.05) is 0 Å². The fourth-order valence-electron chi connectivity index (χ4n) is 1.11. The van der Waals surface area contributed by atoms with Crippen LogP contribution in [0.3, 0.4) is 0 Å². The number of ether oxygens (including phenoxy) is 1. The summed E-state index contributed by atoms with van der Waals surface area (Å²) < 4.78 is 4.50.